The maximum atomic E-state index is 12.2. The molecule has 1 fully saturated rings. The molecule has 24 heavy (non-hydrogen) atoms. The van der Waals surface area contributed by atoms with Crippen LogP contribution in [0.3, 0.4) is 0 Å². The van der Waals surface area contributed by atoms with E-state index in [2.05, 4.69) is 16.9 Å². The summed E-state index contributed by atoms with van der Waals surface area (Å²) in [5.41, 5.74) is 0.145. The Morgan fingerprint density at radius 2 is 2.46 bits per heavy atom. The van der Waals surface area contributed by atoms with Crippen LogP contribution in [-0.4, -0.2) is 43.8 Å². The first-order chi connectivity index (χ1) is 11.5. The number of aliphatic hydroxyl groups is 1. The Morgan fingerprint density at radius 3 is 3.12 bits per heavy atom. The Labute approximate surface area is 145 Å². The Bertz CT molecular complexity index is 590. The molecular formula is C16H23N3O4S. The van der Waals surface area contributed by atoms with Crippen LogP contribution in [-0.2, 0) is 27.5 Å². The third-order valence-corrected chi connectivity index (χ3v) is 4.79. The molecule has 0 bridgehead atoms. The first-order valence-corrected chi connectivity index (χ1v) is 8.75. The van der Waals surface area contributed by atoms with Crippen molar-refractivity contribution >= 4 is 22.8 Å². The Kier molecular flexibility index (Phi) is 7.01. The number of imidazole rings is 1. The average Bonchev–Trinajstić information content (AvgIpc) is 3.20. The SMILES string of the molecule is C=CC(OC(=O)[C@@H]1CN[C@@H](CCn2cncc2CO)C1)SC(C)=O. The number of carbonyl (C=O) groups is 2. The molecule has 7 nitrogen and oxygen atoms in total. The van der Waals surface area contributed by atoms with E-state index in [0.717, 1.165) is 30.4 Å². The summed E-state index contributed by atoms with van der Waals surface area (Å²) >= 11 is 0.946. The van der Waals surface area contributed by atoms with Crippen molar-refractivity contribution < 1.29 is 19.4 Å². The number of thioether (sulfide) groups is 1. The van der Waals surface area contributed by atoms with E-state index >= 15 is 0 Å². The van der Waals surface area contributed by atoms with Gasteiger partial charge in [0, 0.05) is 26.1 Å². The minimum Gasteiger partial charge on any atom is -0.446 e. The number of rotatable bonds is 8. The molecule has 2 heterocycles. The number of carbonyl (C=O) groups excluding carboxylic acids is 2. The van der Waals surface area contributed by atoms with Crippen LogP contribution < -0.4 is 5.32 Å². The number of esters is 1. The Morgan fingerprint density at radius 1 is 1.67 bits per heavy atom. The fourth-order valence-corrected chi connectivity index (χ4v) is 3.26. The highest BCUT2D eigenvalue weighted by Gasteiger charge is 2.31. The first kappa shape index (κ1) is 18.7. The largest absolute Gasteiger partial charge is 0.446 e. The van der Waals surface area contributed by atoms with Crippen molar-refractivity contribution in [2.24, 2.45) is 5.92 Å². The Hall–Kier alpha value is -1.64. The molecule has 0 spiro atoms. The first-order valence-electron chi connectivity index (χ1n) is 7.87. The highest BCUT2D eigenvalue weighted by molar-refractivity contribution is 8.14. The number of aryl methyl sites for hydroxylation is 1. The summed E-state index contributed by atoms with van der Waals surface area (Å²) in [5, 5.41) is 12.4. The van der Waals surface area contributed by atoms with E-state index in [1.807, 2.05) is 4.57 Å². The summed E-state index contributed by atoms with van der Waals surface area (Å²) in [7, 11) is 0. The zero-order chi connectivity index (χ0) is 17.5. The number of nitrogens with zero attached hydrogens (tertiary/aromatic N) is 2. The smallest absolute Gasteiger partial charge is 0.311 e. The third kappa shape index (κ3) is 5.19. The van der Waals surface area contributed by atoms with Gasteiger partial charge in [-0.3, -0.25) is 9.59 Å². The van der Waals surface area contributed by atoms with Crippen molar-refractivity contribution in [3.05, 3.63) is 30.9 Å². The van der Waals surface area contributed by atoms with Gasteiger partial charge in [0.15, 0.2) is 10.6 Å². The number of aliphatic hydroxyl groups excluding tert-OH is 1. The lowest BCUT2D eigenvalue weighted by molar-refractivity contribution is -0.147. The summed E-state index contributed by atoms with van der Waals surface area (Å²) in [6.07, 6.45) is 6.32. The molecule has 0 radical (unpaired) electrons. The van der Waals surface area contributed by atoms with Crippen molar-refractivity contribution in [2.45, 2.75) is 44.4 Å². The van der Waals surface area contributed by atoms with Gasteiger partial charge < -0.3 is 19.7 Å². The van der Waals surface area contributed by atoms with E-state index in [9.17, 15) is 14.7 Å². The molecule has 0 aliphatic carbocycles. The van der Waals surface area contributed by atoms with Crippen LogP contribution in [0.25, 0.3) is 0 Å². The maximum Gasteiger partial charge on any atom is 0.311 e. The number of ether oxygens (including phenoxy) is 1. The summed E-state index contributed by atoms with van der Waals surface area (Å²) in [6.45, 7) is 6.27. The van der Waals surface area contributed by atoms with Crippen molar-refractivity contribution in [2.75, 3.05) is 6.54 Å². The molecule has 1 aliphatic heterocycles. The summed E-state index contributed by atoms with van der Waals surface area (Å²) < 4.78 is 7.23. The second kappa shape index (κ2) is 9.00. The third-order valence-electron chi connectivity index (χ3n) is 3.94. The van der Waals surface area contributed by atoms with E-state index in [4.69, 9.17) is 4.74 Å². The van der Waals surface area contributed by atoms with Crippen LogP contribution in [0.5, 0.6) is 0 Å². The molecule has 2 N–H and O–H groups in total. The highest BCUT2D eigenvalue weighted by Crippen LogP contribution is 2.22. The molecule has 2 rings (SSSR count). The van der Waals surface area contributed by atoms with Crippen molar-refractivity contribution in [1.29, 1.82) is 0 Å². The van der Waals surface area contributed by atoms with Crippen molar-refractivity contribution in [1.82, 2.24) is 14.9 Å². The predicted octanol–water partition coefficient (Wildman–Crippen LogP) is 1.08. The quantitative estimate of drug-likeness (QED) is 0.410. The second-order valence-electron chi connectivity index (χ2n) is 5.71. The van der Waals surface area contributed by atoms with Gasteiger partial charge in [0.25, 0.3) is 0 Å². The molecule has 0 amide bonds. The standard InChI is InChI=1S/C16H23N3O4S/c1-3-15(24-11(2)21)23-16(22)12-6-13(18-7-12)4-5-19-10-17-8-14(19)9-20/h3,8,10,12-13,15,18,20H,1,4-7,9H2,2H3/t12-,13-,15?/m0/s1. The minimum atomic E-state index is -0.632. The van der Waals surface area contributed by atoms with Gasteiger partial charge in [0.1, 0.15) is 0 Å². The number of hydrogen-bond acceptors (Lipinski definition) is 7. The summed E-state index contributed by atoms with van der Waals surface area (Å²) in [4.78, 5) is 27.3. The lowest BCUT2D eigenvalue weighted by Gasteiger charge is -2.15. The normalized spacial score (nSPS) is 21.4. The molecule has 1 unspecified atom stereocenters. The number of nitrogens with one attached hydrogen (secondary N) is 1. The van der Waals surface area contributed by atoms with Crippen molar-refractivity contribution in [3.8, 4) is 0 Å². The topological polar surface area (TPSA) is 93.4 Å². The number of aromatic nitrogens is 2. The average molecular weight is 353 g/mol. The molecule has 0 saturated carbocycles. The van der Waals surface area contributed by atoms with Gasteiger partial charge >= 0.3 is 5.97 Å². The van der Waals surface area contributed by atoms with E-state index < -0.39 is 5.44 Å². The minimum absolute atomic E-state index is 0.0379. The fraction of sp³-hybridized carbons (Fsp3) is 0.562. The molecule has 0 aromatic carbocycles. The fourth-order valence-electron chi connectivity index (χ4n) is 2.69. The van der Waals surface area contributed by atoms with E-state index in [0.29, 0.717) is 13.0 Å². The van der Waals surface area contributed by atoms with Crippen LogP contribution in [0.2, 0.25) is 0 Å². The van der Waals surface area contributed by atoms with Gasteiger partial charge in [0.2, 0.25) is 0 Å². The zero-order valence-electron chi connectivity index (χ0n) is 13.7. The molecular weight excluding hydrogens is 330 g/mol. The Balaban J connectivity index is 1.78. The van der Waals surface area contributed by atoms with Gasteiger partial charge in [-0.2, -0.15) is 0 Å². The van der Waals surface area contributed by atoms with E-state index in [1.54, 1.807) is 12.5 Å². The monoisotopic (exact) mass is 353 g/mol. The van der Waals surface area contributed by atoms with E-state index in [1.165, 1.54) is 13.0 Å². The highest BCUT2D eigenvalue weighted by atomic mass is 32.2. The van der Waals surface area contributed by atoms with Gasteiger partial charge in [0.05, 0.1) is 30.7 Å². The molecule has 1 aliphatic rings. The molecule has 8 heteroatoms. The molecule has 1 aromatic rings. The van der Waals surface area contributed by atoms with Gasteiger partial charge in [-0.15, -0.1) is 0 Å². The molecule has 1 saturated heterocycles. The van der Waals surface area contributed by atoms with E-state index in [-0.39, 0.29) is 29.7 Å². The van der Waals surface area contributed by atoms with Gasteiger partial charge in [-0.05, 0) is 30.7 Å². The molecule has 3 atom stereocenters. The molecule has 1 aromatic heterocycles. The van der Waals surface area contributed by atoms with Crippen LogP contribution in [0.1, 0.15) is 25.5 Å². The lowest BCUT2D eigenvalue weighted by Crippen LogP contribution is -2.24. The second-order valence-corrected chi connectivity index (χ2v) is 6.99. The lowest BCUT2D eigenvalue weighted by atomic mass is 10.0. The van der Waals surface area contributed by atoms with Crippen LogP contribution in [0, 0.1) is 5.92 Å². The van der Waals surface area contributed by atoms with Crippen molar-refractivity contribution in [3.63, 3.8) is 0 Å². The summed E-state index contributed by atoms with van der Waals surface area (Å²) in [5.74, 6) is -0.521. The zero-order valence-corrected chi connectivity index (χ0v) is 14.5. The predicted molar refractivity (Wildman–Crippen MR) is 91.0 cm³/mol. The maximum absolute atomic E-state index is 12.2. The van der Waals surface area contributed by atoms with Crippen LogP contribution in [0.4, 0.5) is 0 Å². The summed E-state index contributed by atoms with van der Waals surface area (Å²) in [6, 6.07) is 0.208. The number of hydrogen-bond donors (Lipinski definition) is 2. The van der Waals surface area contributed by atoms with Gasteiger partial charge in [-0.25, -0.2) is 4.98 Å². The molecule has 132 valence electrons. The van der Waals surface area contributed by atoms with Crippen LogP contribution >= 0.6 is 11.8 Å². The van der Waals surface area contributed by atoms with Crippen LogP contribution in [0.15, 0.2) is 25.2 Å². The van der Waals surface area contributed by atoms with Gasteiger partial charge in [-0.1, -0.05) is 6.58 Å².